The molecule has 0 saturated carbocycles. The molecule has 2 heterocycles. The summed E-state index contributed by atoms with van der Waals surface area (Å²) in [5.74, 6) is 0.575. The Kier molecular flexibility index (Phi) is 5.30. The number of pyridine rings is 1. The number of para-hydroxylation sites is 2. The van der Waals surface area contributed by atoms with E-state index in [-0.39, 0.29) is 17.2 Å². The Hall–Kier alpha value is -3.93. The van der Waals surface area contributed by atoms with Crippen molar-refractivity contribution in [3.05, 3.63) is 88.1 Å². The van der Waals surface area contributed by atoms with Gasteiger partial charge in [-0.25, -0.2) is 9.97 Å². The van der Waals surface area contributed by atoms with Crippen molar-refractivity contribution in [3.8, 4) is 17.3 Å². The maximum atomic E-state index is 13.3. The molecule has 0 unspecified atom stereocenters. The van der Waals surface area contributed by atoms with Gasteiger partial charge in [-0.2, -0.15) is 0 Å². The summed E-state index contributed by atoms with van der Waals surface area (Å²) in [6.45, 7) is 4.17. The molecule has 0 aliphatic rings. The van der Waals surface area contributed by atoms with Crippen molar-refractivity contribution in [3.63, 3.8) is 0 Å². The van der Waals surface area contributed by atoms with Gasteiger partial charge in [-0.1, -0.05) is 30.3 Å². The van der Waals surface area contributed by atoms with E-state index < -0.39 is 0 Å². The number of fused-ring (bicyclic) bond motifs is 1. The van der Waals surface area contributed by atoms with Crippen molar-refractivity contribution in [2.45, 2.75) is 13.8 Å². The smallest absolute Gasteiger partial charge is 0.266 e. The van der Waals surface area contributed by atoms with Crippen LogP contribution in [0.3, 0.4) is 0 Å². The van der Waals surface area contributed by atoms with E-state index in [2.05, 4.69) is 4.98 Å². The molecule has 0 aliphatic heterocycles. The quantitative estimate of drug-likeness (QED) is 0.539. The minimum absolute atomic E-state index is 0.0545. The van der Waals surface area contributed by atoms with Crippen LogP contribution < -0.4 is 10.3 Å². The van der Waals surface area contributed by atoms with Crippen LogP contribution in [0.4, 0.5) is 0 Å². The van der Waals surface area contributed by atoms with Crippen molar-refractivity contribution >= 4 is 23.1 Å². The van der Waals surface area contributed by atoms with Crippen molar-refractivity contribution in [2.75, 3.05) is 6.61 Å². The van der Waals surface area contributed by atoms with Gasteiger partial charge in [0, 0.05) is 11.8 Å². The first-order chi connectivity index (χ1) is 14.6. The molecule has 0 saturated heterocycles. The molecule has 0 fully saturated rings. The third kappa shape index (κ3) is 3.55. The van der Waals surface area contributed by atoms with Crippen molar-refractivity contribution in [1.82, 2.24) is 14.5 Å². The minimum Gasteiger partial charge on any atom is -0.503 e. The summed E-state index contributed by atoms with van der Waals surface area (Å²) in [7, 11) is 0. The van der Waals surface area contributed by atoms with E-state index in [1.807, 2.05) is 56.3 Å². The van der Waals surface area contributed by atoms with Crippen LogP contribution in [0.5, 0.6) is 11.6 Å². The molecule has 2 aromatic heterocycles. The lowest BCUT2D eigenvalue weighted by molar-refractivity contribution is 0.304. The van der Waals surface area contributed by atoms with Gasteiger partial charge in [0.2, 0.25) is 0 Å². The number of aryl methyl sites for hydroxylation is 1. The topological polar surface area (TPSA) is 77.2 Å². The number of aromatic hydroxyl groups is 1. The summed E-state index contributed by atoms with van der Waals surface area (Å²) in [5, 5.41) is 11.0. The van der Waals surface area contributed by atoms with Gasteiger partial charge in [0.25, 0.3) is 11.4 Å². The lowest BCUT2D eigenvalue weighted by Gasteiger charge is -2.13. The molecule has 30 heavy (non-hydrogen) atoms. The first-order valence-corrected chi connectivity index (χ1v) is 9.66. The summed E-state index contributed by atoms with van der Waals surface area (Å²) in [6.07, 6.45) is 4.97. The number of ether oxygens (including phenoxy) is 1. The Balaban J connectivity index is 1.92. The number of hydrogen-bond donors (Lipinski definition) is 1. The van der Waals surface area contributed by atoms with Crippen molar-refractivity contribution in [2.24, 2.45) is 0 Å². The van der Waals surface area contributed by atoms with Crippen LogP contribution in [-0.2, 0) is 0 Å². The molecule has 1 N–H and O–H groups in total. The average molecular weight is 399 g/mol. The Bertz CT molecular complexity index is 1310. The minimum atomic E-state index is -0.150. The summed E-state index contributed by atoms with van der Waals surface area (Å²) >= 11 is 0. The maximum Gasteiger partial charge on any atom is 0.266 e. The van der Waals surface area contributed by atoms with Crippen molar-refractivity contribution < 1.29 is 9.84 Å². The fraction of sp³-hybridized carbons (Fsp3) is 0.125. The second-order valence-electron chi connectivity index (χ2n) is 6.73. The van der Waals surface area contributed by atoms with Crippen molar-refractivity contribution in [1.29, 1.82) is 0 Å². The van der Waals surface area contributed by atoms with E-state index in [1.165, 1.54) is 0 Å². The van der Waals surface area contributed by atoms with Crippen LogP contribution in [0.2, 0.25) is 0 Å². The third-order valence-electron chi connectivity index (χ3n) is 4.77. The van der Waals surface area contributed by atoms with E-state index >= 15 is 0 Å². The molecule has 4 rings (SSSR count). The van der Waals surface area contributed by atoms with Crippen LogP contribution in [0.25, 0.3) is 28.7 Å². The zero-order chi connectivity index (χ0) is 21.1. The molecule has 0 bridgehead atoms. The number of hydrogen-bond acceptors (Lipinski definition) is 5. The molecule has 0 amide bonds. The molecular weight excluding hydrogens is 378 g/mol. The molecular formula is C24H21N3O3. The highest BCUT2D eigenvalue weighted by Gasteiger charge is 2.13. The number of nitrogens with zero attached hydrogens (tertiary/aromatic N) is 3. The molecule has 2 aromatic carbocycles. The Morgan fingerprint density at radius 3 is 2.63 bits per heavy atom. The van der Waals surface area contributed by atoms with Crippen LogP contribution in [0.15, 0.2) is 65.6 Å². The molecule has 0 spiro atoms. The monoisotopic (exact) mass is 399 g/mol. The third-order valence-corrected chi connectivity index (χ3v) is 4.77. The predicted octanol–water partition coefficient (Wildman–Crippen LogP) is 4.36. The van der Waals surface area contributed by atoms with Gasteiger partial charge in [-0.15, -0.1) is 0 Å². The van der Waals surface area contributed by atoms with Gasteiger partial charge in [0.15, 0.2) is 5.75 Å². The average Bonchev–Trinajstić information content (AvgIpc) is 2.75. The van der Waals surface area contributed by atoms with Crippen LogP contribution in [-0.4, -0.2) is 26.2 Å². The highest BCUT2D eigenvalue weighted by Crippen LogP contribution is 2.28. The summed E-state index contributed by atoms with van der Waals surface area (Å²) < 4.78 is 6.94. The van der Waals surface area contributed by atoms with E-state index in [1.54, 1.807) is 35.0 Å². The van der Waals surface area contributed by atoms with Gasteiger partial charge in [0.05, 0.1) is 23.2 Å². The Morgan fingerprint density at radius 2 is 1.83 bits per heavy atom. The molecule has 0 aliphatic carbocycles. The second kappa shape index (κ2) is 8.21. The fourth-order valence-electron chi connectivity index (χ4n) is 3.30. The largest absolute Gasteiger partial charge is 0.503 e. The van der Waals surface area contributed by atoms with Crippen LogP contribution in [0.1, 0.15) is 23.9 Å². The predicted molar refractivity (Wildman–Crippen MR) is 118 cm³/mol. The zero-order valence-electron chi connectivity index (χ0n) is 16.7. The van der Waals surface area contributed by atoms with Gasteiger partial charge in [-0.3, -0.25) is 9.36 Å². The summed E-state index contributed by atoms with van der Waals surface area (Å²) in [4.78, 5) is 22.1. The first-order valence-electron chi connectivity index (χ1n) is 9.66. The fourth-order valence-corrected chi connectivity index (χ4v) is 3.30. The zero-order valence-corrected chi connectivity index (χ0v) is 16.7. The molecule has 0 atom stereocenters. The highest BCUT2D eigenvalue weighted by molar-refractivity contribution is 5.80. The molecule has 150 valence electrons. The van der Waals surface area contributed by atoms with E-state index in [4.69, 9.17) is 9.72 Å². The number of aromatic nitrogens is 3. The normalized spacial score (nSPS) is 11.3. The highest BCUT2D eigenvalue weighted by atomic mass is 16.5. The Morgan fingerprint density at radius 1 is 1.07 bits per heavy atom. The number of rotatable bonds is 5. The molecule has 6 heteroatoms. The van der Waals surface area contributed by atoms with E-state index in [0.29, 0.717) is 28.9 Å². The van der Waals surface area contributed by atoms with Crippen LogP contribution >= 0.6 is 0 Å². The standard InChI is InChI=1S/C24H21N3O3/c1-3-30-23-22(28)17(14-15-25-23)12-13-21-26-19-10-6-5-9-18(19)24(29)27(21)20-11-7-4-8-16(20)2/h4-15,28H,3H2,1-2H3. The lowest BCUT2D eigenvalue weighted by atomic mass is 10.1. The summed E-state index contributed by atoms with van der Waals surface area (Å²) in [5.41, 5.74) is 2.70. The Labute approximate surface area is 173 Å². The van der Waals surface area contributed by atoms with E-state index in [0.717, 1.165) is 11.3 Å². The van der Waals surface area contributed by atoms with Gasteiger partial charge in [-0.05, 0) is 55.8 Å². The summed E-state index contributed by atoms with van der Waals surface area (Å²) in [6, 6.07) is 16.6. The first kappa shape index (κ1) is 19.4. The molecule has 0 radical (unpaired) electrons. The number of benzene rings is 2. The van der Waals surface area contributed by atoms with E-state index in [9.17, 15) is 9.90 Å². The van der Waals surface area contributed by atoms with Gasteiger partial charge < -0.3 is 9.84 Å². The second-order valence-corrected chi connectivity index (χ2v) is 6.73. The van der Waals surface area contributed by atoms with Crippen LogP contribution in [0, 0.1) is 6.92 Å². The van der Waals surface area contributed by atoms with Gasteiger partial charge >= 0.3 is 0 Å². The van der Waals surface area contributed by atoms with Gasteiger partial charge in [0.1, 0.15) is 5.82 Å². The lowest BCUT2D eigenvalue weighted by Crippen LogP contribution is -2.23. The SMILES string of the molecule is CCOc1nccc(C=Cc2nc3ccccc3c(=O)n2-c2ccccc2C)c1O. The molecule has 4 aromatic rings. The molecule has 6 nitrogen and oxygen atoms in total. The maximum absolute atomic E-state index is 13.3.